The number of β-lactam (4-membered cyclic amide) rings is 1. The van der Waals surface area contributed by atoms with Crippen molar-refractivity contribution in [3.05, 3.63) is 23.1 Å². The Morgan fingerprint density at radius 3 is 2.77 bits per heavy atom. The standard InChI is InChI=1S/C20H26N4O4S3/c1-10-13(16(20(27)28)24-15(10)14(11(2)25)17(24)26)12-8-23-9-22(5-7-30-6-4-21)18(29-3)19(23)31-12/h8-11,14-15,25H,4-7,21H2,1-3H3/p+1/t10-,11+,14+,15+/m0/s1. The van der Waals surface area contributed by atoms with Crippen LogP contribution in [0.4, 0.5) is 0 Å². The lowest BCUT2D eigenvalue weighted by Gasteiger charge is -2.46. The van der Waals surface area contributed by atoms with E-state index in [2.05, 4.69) is 4.57 Å². The number of aromatic nitrogens is 2. The van der Waals surface area contributed by atoms with Crippen LogP contribution in [0.3, 0.4) is 0 Å². The Morgan fingerprint density at radius 2 is 2.16 bits per heavy atom. The molecule has 0 bridgehead atoms. The Morgan fingerprint density at radius 1 is 1.42 bits per heavy atom. The number of carbonyl (C=O) groups excluding carboxylic acids is 1. The monoisotopic (exact) mass is 483 g/mol. The SMILES string of the molecule is CSc1c2sc(C3=C(C(=O)O)N4C(=O)[C@H]([C@@H](C)O)[C@H]4[C@H]3C)cn2c[n+]1CCSCCN. The molecule has 2 aromatic rings. The minimum absolute atomic E-state index is 0.0562. The molecule has 1 amide bonds. The molecule has 8 nitrogen and oxygen atoms in total. The minimum Gasteiger partial charge on any atom is -0.477 e. The number of thiazole rings is 1. The number of aliphatic carboxylic acids is 1. The van der Waals surface area contributed by atoms with Crippen molar-refractivity contribution in [2.24, 2.45) is 17.6 Å². The molecule has 31 heavy (non-hydrogen) atoms. The highest BCUT2D eigenvalue weighted by Gasteiger charge is 2.60. The van der Waals surface area contributed by atoms with E-state index in [0.29, 0.717) is 12.1 Å². The number of nitrogens with two attached hydrogens (primary N) is 1. The van der Waals surface area contributed by atoms with Gasteiger partial charge in [0.15, 0.2) is 0 Å². The van der Waals surface area contributed by atoms with Crippen LogP contribution in [0.5, 0.6) is 0 Å². The summed E-state index contributed by atoms with van der Waals surface area (Å²) >= 11 is 5.04. The second-order valence-electron chi connectivity index (χ2n) is 7.85. The molecule has 4 N–H and O–H groups in total. The summed E-state index contributed by atoms with van der Waals surface area (Å²) in [6.07, 6.45) is 5.24. The summed E-state index contributed by atoms with van der Waals surface area (Å²) in [5.74, 6) is -0.204. The van der Waals surface area contributed by atoms with Crippen LogP contribution < -0.4 is 10.3 Å². The summed E-state index contributed by atoms with van der Waals surface area (Å²) in [6, 6.07) is -0.306. The lowest BCUT2D eigenvalue weighted by Crippen LogP contribution is -2.63. The van der Waals surface area contributed by atoms with Gasteiger partial charge in [-0.1, -0.05) is 30.0 Å². The predicted octanol–water partition coefficient (Wildman–Crippen LogP) is 1.36. The highest BCUT2D eigenvalue weighted by atomic mass is 32.2. The van der Waals surface area contributed by atoms with Crippen LogP contribution in [0, 0.1) is 11.8 Å². The van der Waals surface area contributed by atoms with Gasteiger partial charge in [-0.25, -0.2) is 9.36 Å². The Hall–Kier alpha value is -1.53. The third-order valence-electron chi connectivity index (χ3n) is 5.98. The number of aryl methyl sites for hydroxylation is 1. The number of fused-ring (bicyclic) bond motifs is 2. The van der Waals surface area contributed by atoms with E-state index in [1.54, 1.807) is 30.0 Å². The summed E-state index contributed by atoms with van der Waals surface area (Å²) in [5.41, 5.74) is 6.30. The topological polar surface area (TPSA) is 112 Å². The van der Waals surface area contributed by atoms with Crippen molar-refractivity contribution >= 4 is 57.1 Å². The molecular weight excluding hydrogens is 456 g/mol. The van der Waals surface area contributed by atoms with Crippen LogP contribution in [-0.2, 0) is 16.1 Å². The Kier molecular flexibility index (Phi) is 6.42. The first-order valence-electron chi connectivity index (χ1n) is 10.2. The zero-order valence-corrected chi connectivity index (χ0v) is 20.1. The lowest BCUT2D eigenvalue weighted by atomic mass is 9.77. The number of amides is 1. The summed E-state index contributed by atoms with van der Waals surface area (Å²) < 4.78 is 4.26. The molecule has 0 spiro atoms. The molecule has 4 atom stereocenters. The summed E-state index contributed by atoms with van der Waals surface area (Å²) in [5, 5.41) is 21.1. The molecule has 4 heterocycles. The smallest absolute Gasteiger partial charge is 0.352 e. The molecule has 0 unspecified atom stereocenters. The molecule has 2 aliphatic rings. The number of thioether (sulfide) groups is 2. The predicted molar refractivity (Wildman–Crippen MR) is 123 cm³/mol. The van der Waals surface area contributed by atoms with Gasteiger partial charge in [0.2, 0.25) is 15.8 Å². The second kappa shape index (κ2) is 8.78. The number of rotatable bonds is 9. The molecule has 168 valence electrons. The van der Waals surface area contributed by atoms with Crippen molar-refractivity contribution in [3.63, 3.8) is 0 Å². The normalized spacial score (nSPS) is 24.1. The van der Waals surface area contributed by atoms with Crippen molar-refractivity contribution in [1.29, 1.82) is 0 Å². The molecule has 11 heteroatoms. The van der Waals surface area contributed by atoms with E-state index in [1.165, 1.54) is 4.90 Å². The molecule has 2 aliphatic heterocycles. The zero-order chi connectivity index (χ0) is 22.4. The van der Waals surface area contributed by atoms with Gasteiger partial charge >= 0.3 is 5.97 Å². The number of aliphatic hydroxyl groups excluding tert-OH is 1. The van der Waals surface area contributed by atoms with Crippen molar-refractivity contribution in [2.45, 2.75) is 37.6 Å². The van der Waals surface area contributed by atoms with E-state index in [4.69, 9.17) is 5.73 Å². The highest BCUT2D eigenvalue weighted by Crippen LogP contribution is 2.51. The number of carboxylic acid groups (broad SMARTS) is 1. The second-order valence-corrected chi connectivity index (χ2v) is 10.9. The van der Waals surface area contributed by atoms with E-state index in [0.717, 1.165) is 32.8 Å². The first-order chi connectivity index (χ1) is 14.8. The molecule has 1 fully saturated rings. The van der Waals surface area contributed by atoms with Crippen LogP contribution in [0.25, 0.3) is 10.4 Å². The van der Waals surface area contributed by atoms with Gasteiger partial charge in [0.05, 0.1) is 22.9 Å². The number of nitrogens with zero attached hydrogens (tertiary/aromatic N) is 3. The Bertz CT molecular complexity index is 1060. The van der Waals surface area contributed by atoms with Gasteiger partial charge in [-0.05, 0) is 13.2 Å². The van der Waals surface area contributed by atoms with E-state index in [1.807, 2.05) is 41.9 Å². The van der Waals surface area contributed by atoms with E-state index < -0.39 is 18.0 Å². The maximum atomic E-state index is 12.6. The van der Waals surface area contributed by atoms with Crippen molar-refractivity contribution in [3.8, 4) is 0 Å². The molecule has 0 radical (unpaired) electrons. The van der Waals surface area contributed by atoms with E-state index in [-0.39, 0.29) is 23.6 Å². The fraction of sp³-hybridized carbons (Fsp3) is 0.550. The average molecular weight is 484 g/mol. The van der Waals surface area contributed by atoms with Gasteiger partial charge in [-0.15, -0.1) is 0 Å². The number of hydrogen-bond acceptors (Lipinski definition) is 7. The first kappa shape index (κ1) is 22.7. The Labute approximate surface area is 193 Å². The van der Waals surface area contributed by atoms with Crippen LogP contribution in [-0.4, -0.2) is 67.8 Å². The zero-order valence-electron chi connectivity index (χ0n) is 17.6. The van der Waals surface area contributed by atoms with E-state index >= 15 is 0 Å². The summed E-state index contributed by atoms with van der Waals surface area (Å²) in [7, 11) is 0. The van der Waals surface area contributed by atoms with Crippen molar-refractivity contribution in [1.82, 2.24) is 9.30 Å². The number of hydrogen-bond donors (Lipinski definition) is 3. The van der Waals surface area contributed by atoms with Gasteiger partial charge in [0, 0.05) is 29.5 Å². The number of aliphatic hydroxyl groups is 1. The fourth-order valence-corrected chi connectivity index (χ4v) is 7.56. The molecule has 1 saturated heterocycles. The fourth-order valence-electron chi connectivity index (χ4n) is 4.66. The van der Waals surface area contributed by atoms with Gasteiger partial charge < -0.3 is 20.8 Å². The Balaban J connectivity index is 1.70. The van der Waals surface area contributed by atoms with Crippen LogP contribution in [0.2, 0.25) is 0 Å². The van der Waals surface area contributed by atoms with Gasteiger partial charge in [0.25, 0.3) is 6.33 Å². The number of carbonyl (C=O) groups is 2. The van der Waals surface area contributed by atoms with Gasteiger partial charge in [-0.2, -0.15) is 16.2 Å². The average Bonchev–Trinajstić information content (AvgIpc) is 3.32. The number of imidazole rings is 1. The van der Waals surface area contributed by atoms with E-state index in [9.17, 15) is 19.8 Å². The lowest BCUT2D eigenvalue weighted by molar-refractivity contribution is -0.725. The molecular formula is C20H27N4O4S3+. The van der Waals surface area contributed by atoms with Crippen molar-refractivity contribution in [2.75, 3.05) is 24.3 Å². The first-order valence-corrected chi connectivity index (χ1v) is 13.4. The molecule has 4 rings (SSSR count). The summed E-state index contributed by atoms with van der Waals surface area (Å²) in [4.78, 5) is 28.0. The molecule has 0 aromatic carbocycles. The van der Waals surface area contributed by atoms with Gasteiger partial charge in [-0.3, -0.25) is 4.79 Å². The highest BCUT2D eigenvalue weighted by molar-refractivity contribution is 7.99. The largest absolute Gasteiger partial charge is 0.477 e. The molecule has 0 saturated carbocycles. The molecule has 0 aliphatic carbocycles. The van der Waals surface area contributed by atoms with Crippen LogP contribution in [0.15, 0.2) is 23.2 Å². The third-order valence-corrected chi connectivity index (χ3v) is 9.06. The quantitative estimate of drug-likeness (QED) is 0.214. The maximum absolute atomic E-state index is 12.6. The van der Waals surface area contributed by atoms with Crippen LogP contribution >= 0.6 is 34.9 Å². The summed E-state index contributed by atoms with van der Waals surface area (Å²) in [6.45, 7) is 5.10. The third kappa shape index (κ3) is 3.60. The van der Waals surface area contributed by atoms with Gasteiger partial charge in [0.1, 0.15) is 18.4 Å². The minimum atomic E-state index is -1.10. The number of carboxylic acids is 1. The maximum Gasteiger partial charge on any atom is 0.352 e. The van der Waals surface area contributed by atoms with Crippen LogP contribution in [0.1, 0.15) is 18.7 Å². The molecule has 2 aromatic heterocycles. The van der Waals surface area contributed by atoms with Crippen molar-refractivity contribution < 1.29 is 24.4 Å².